The Morgan fingerprint density at radius 3 is 3.00 bits per heavy atom. The summed E-state index contributed by atoms with van der Waals surface area (Å²) in [5.74, 6) is 0.665. The normalized spacial score (nSPS) is 18.5. The Kier molecular flexibility index (Phi) is 5.80. The quantitative estimate of drug-likeness (QED) is 0.831. The summed E-state index contributed by atoms with van der Waals surface area (Å²) < 4.78 is 5.34. The lowest BCUT2D eigenvalue weighted by Crippen LogP contribution is -2.43. The van der Waals surface area contributed by atoms with Gasteiger partial charge in [0.2, 0.25) is 5.88 Å². The van der Waals surface area contributed by atoms with Crippen LogP contribution in [0.3, 0.4) is 0 Å². The summed E-state index contributed by atoms with van der Waals surface area (Å²) in [5, 5.41) is 5.76. The summed E-state index contributed by atoms with van der Waals surface area (Å²) in [7, 11) is 0. The maximum Gasteiger partial charge on any atom is 0.315 e. The van der Waals surface area contributed by atoms with Crippen molar-refractivity contribution in [1.29, 1.82) is 0 Å². The van der Waals surface area contributed by atoms with Gasteiger partial charge < -0.3 is 15.4 Å². The van der Waals surface area contributed by atoms with Crippen LogP contribution in [-0.4, -0.2) is 48.2 Å². The second-order valence-electron chi connectivity index (χ2n) is 5.16. The van der Waals surface area contributed by atoms with E-state index in [0.717, 1.165) is 31.6 Å². The molecule has 1 aliphatic rings. The predicted octanol–water partition coefficient (Wildman–Crippen LogP) is 1.37. The third-order valence-corrected chi connectivity index (χ3v) is 3.44. The monoisotopic (exact) mass is 292 g/mol. The number of hydrogen-bond acceptors (Lipinski definition) is 4. The average molecular weight is 292 g/mol. The first-order chi connectivity index (χ1) is 10.2. The summed E-state index contributed by atoms with van der Waals surface area (Å²) in [6.07, 6.45) is 2.84. The second kappa shape index (κ2) is 7.83. The zero-order chi connectivity index (χ0) is 15.1. The summed E-state index contributed by atoms with van der Waals surface area (Å²) >= 11 is 0. The molecule has 2 heterocycles. The average Bonchev–Trinajstić information content (AvgIpc) is 2.89. The molecule has 1 aromatic heterocycles. The molecule has 1 atom stereocenters. The van der Waals surface area contributed by atoms with E-state index in [1.807, 2.05) is 32.2 Å². The maximum absolute atomic E-state index is 11.5. The smallest absolute Gasteiger partial charge is 0.315 e. The molecule has 0 aromatic carbocycles. The number of ether oxygens (including phenoxy) is 1. The van der Waals surface area contributed by atoms with Gasteiger partial charge in [0.15, 0.2) is 0 Å². The lowest BCUT2D eigenvalue weighted by atomic mass is 10.2. The van der Waals surface area contributed by atoms with Crippen molar-refractivity contribution in [1.82, 2.24) is 20.5 Å². The van der Waals surface area contributed by atoms with E-state index in [1.54, 1.807) is 0 Å². The number of nitrogens with one attached hydrogen (secondary N) is 2. The summed E-state index contributed by atoms with van der Waals surface area (Å²) in [6, 6.07) is 4.10. The number of aromatic nitrogens is 1. The van der Waals surface area contributed by atoms with Crippen molar-refractivity contribution in [2.45, 2.75) is 32.9 Å². The molecule has 1 aliphatic heterocycles. The molecule has 116 valence electrons. The van der Waals surface area contributed by atoms with Gasteiger partial charge in [0.05, 0.1) is 6.61 Å². The Balaban J connectivity index is 1.78. The summed E-state index contributed by atoms with van der Waals surface area (Å²) in [6.45, 7) is 7.87. The molecule has 0 aliphatic carbocycles. The standard InChI is InChI=1S/C15H24N4O2/c1-3-16-15(20)18-13-7-8-19(11-13)10-12-5-6-14(17-9-12)21-4-2/h5-6,9,13H,3-4,7-8,10-11H2,1-2H3,(H2,16,18,20)/t13-/m0/s1. The van der Waals surface area contributed by atoms with Crippen molar-refractivity contribution in [3.63, 3.8) is 0 Å². The van der Waals surface area contributed by atoms with Gasteiger partial charge in [-0.25, -0.2) is 9.78 Å². The highest BCUT2D eigenvalue weighted by Gasteiger charge is 2.23. The van der Waals surface area contributed by atoms with Gasteiger partial charge in [-0.15, -0.1) is 0 Å². The first-order valence-corrected chi connectivity index (χ1v) is 7.55. The van der Waals surface area contributed by atoms with Gasteiger partial charge in [0.25, 0.3) is 0 Å². The van der Waals surface area contributed by atoms with Crippen molar-refractivity contribution in [3.05, 3.63) is 23.9 Å². The molecule has 2 rings (SSSR count). The van der Waals surface area contributed by atoms with Gasteiger partial charge >= 0.3 is 6.03 Å². The molecule has 1 saturated heterocycles. The van der Waals surface area contributed by atoms with Crippen LogP contribution in [0.2, 0.25) is 0 Å². The van der Waals surface area contributed by atoms with Crippen molar-refractivity contribution in [2.24, 2.45) is 0 Å². The molecule has 1 fully saturated rings. The highest BCUT2D eigenvalue weighted by atomic mass is 16.5. The minimum absolute atomic E-state index is 0.0768. The molecule has 2 amide bonds. The highest BCUT2D eigenvalue weighted by Crippen LogP contribution is 2.14. The SMILES string of the molecule is CCNC(=O)N[C@H]1CCN(Cc2ccc(OCC)nc2)C1. The van der Waals surface area contributed by atoms with Crippen molar-refractivity contribution < 1.29 is 9.53 Å². The van der Waals surface area contributed by atoms with Crippen molar-refractivity contribution in [3.8, 4) is 5.88 Å². The van der Waals surface area contributed by atoms with Gasteiger partial charge in [-0.1, -0.05) is 6.07 Å². The maximum atomic E-state index is 11.5. The Morgan fingerprint density at radius 2 is 2.33 bits per heavy atom. The third kappa shape index (κ3) is 4.90. The Hall–Kier alpha value is -1.82. The molecule has 0 unspecified atom stereocenters. The fraction of sp³-hybridized carbons (Fsp3) is 0.600. The van der Waals surface area contributed by atoms with Gasteiger partial charge in [-0.3, -0.25) is 4.90 Å². The number of nitrogens with zero attached hydrogens (tertiary/aromatic N) is 2. The van der Waals surface area contributed by atoms with E-state index in [4.69, 9.17) is 4.74 Å². The molecule has 6 heteroatoms. The summed E-state index contributed by atoms with van der Waals surface area (Å²) in [4.78, 5) is 18.1. The first kappa shape index (κ1) is 15.6. The van der Waals surface area contributed by atoms with Crippen molar-refractivity contribution in [2.75, 3.05) is 26.2 Å². The van der Waals surface area contributed by atoms with Crippen LogP contribution in [0.4, 0.5) is 4.79 Å². The van der Waals surface area contributed by atoms with Crippen LogP contribution in [0, 0.1) is 0 Å². The number of carbonyl (C=O) groups excluding carboxylic acids is 1. The Bertz CT molecular complexity index is 449. The van der Waals surface area contributed by atoms with Gasteiger partial charge in [0.1, 0.15) is 0 Å². The molecule has 0 radical (unpaired) electrons. The van der Waals surface area contributed by atoms with E-state index in [-0.39, 0.29) is 12.1 Å². The van der Waals surface area contributed by atoms with Crippen LogP contribution in [0.25, 0.3) is 0 Å². The molecule has 0 spiro atoms. The number of carbonyl (C=O) groups is 1. The zero-order valence-corrected chi connectivity index (χ0v) is 12.8. The lowest BCUT2D eigenvalue weighted by molar-refractivity contribution is 0.236. The summed E-state index contributed by atoms with van der Waals surface area (Å²) in [5.41, 5.74) is 1.16. The number of likely N-dealkylation sites (tertiary alicyclic amines) is 1. The Labute approximate surface area is 125 Å². The van der Waals surface area contributed by atoms with Gasteiger partial charge in [0, 0.05) is 44.5 Å². The van der Waals surface area contributed by atoms with E-state index in [1.165, 1.54) is 0 Å². The van der Waals surface area contributed by atoms with Crippen molar-refractivity contribution >= 4 is 6.03 Å². The molecular weight excluding hydrogens is 268 g/mol. The van der Waals surface area contributed by atoms with E-state index in [2.05, 4.69) is 20.5 Å². The first-order valence-electron chi connectivity index (χ1n) is 7.55. The van der Waals surface area contributed by atoms with E-state index < -0.39 is 0 Å². The van der Waals surface area contributed by atoms with Gasteiger partial charge in [-0.05, 0) is 25.8 Å². The van der Waals surface area contributed by atoms with Crippen LogP contribution in [0.1, 0.15) is 25.8 Å². The number of hydrogen-bond donors (Lipinski definition) is 2. The van der Waals surface area contributed by atoms with E-state index >= 15 is 0 Å². The van der Waals surface area contributed by atoms with Crippen LogP contribution in [-0.2, 0) is 6.54 Å². The molecule has 0 bridgehead atoms. The Morgan fingerprint density at radius 1 is 1.48 bits per heavy atom. The molecule has 21 heavy (non-hydrogen) atoms. The van der Waals surface area contributed by atoms with E-state index in [9.17, 15) is 4.79 Å². The molecular formula is C15H24N4O2. The van der Waals surface area contributed by atoms with Crippen LogP contribution < -0.4 is 15.4 Å². The molecule has 2 N–H and O–H groups in total. The third-order valence-electron chi connectivity index (χ3n) is 3.44. The molecule has 1 aromatic rings. The van der Waals surface area contributed by atoms with Crippen LogP contribution in [0.5, 0.6) is 5.88 Å². The van der Waals surface area contributed by atoms with E-state index in [0.29, 0.717) is 19.0 Å². The largest absolute Gasteiger partial charge is 0.478 e. The minimum atomic E-state index is -0.0768. The fourth-order valence-electron chi connectivity index (χ4n) is 2.49. The molecule has 6 nitrogen and oxygen atoms in total. The number of urea groups is 1. The minimum Gasteiger partial charge on any atom is -0.478 e. The van der Waals surface area contributed by atoms with Crippen LogP contribution >= 0.6 is 0 Å². The van der Waals surface area contributed by atoms with Gasteiger partial charge in [-0.2, -0.15) is 0 Å². The topological polar surface area (TPSA) is 66.5 Å². The zero-order valence-electron chi connectivity index (χ0n) is 12.8. The number of rotatable bonds is 6. The second-order valence-corrected chi connectivity index (χ2v) is 5.16. The number of amides is 2. The van der Waals surface area contributed by atoms with Crippen LogP contribution in [0.15, 0.2) is 18.3 Å². The predicted molar refractivity (Wildman–Crippen MR) is 81.3 cm³/mol. The lowest BCUT2D eigenvalue weighted by Gasteiger charge is -2.17. The molecule has 0 saturated carbocycles. The number of pyridine rings is 1. The fourth-order valence-corrected chi connectivity index (χ4v) is 2.49. The highest BCUT2D eigenvalue weighted by molar-refractivity contribution is 5.74.